The molecule has 0 bridgehead atoms. The lowest BCUT2D eigenvalue weighted by molar-refractivity contribution is -0.141. The summed E-state index contributed by atoms with van der Waals surface area (Å²) in [6.45, 7) is 0. The van der Waals surface area contributed by atoms with Gasteiger partial charge in [0.25, 0.3) is 0 Å². The molecule has 0 heterocycles. The number of methoxy groups -OCH3 is 1. The Bertz CT molecular complexity index is 392. The molecule has 3 nitrogen and oxygen atoms in total. The van der Waals surface area contributed by atoms with Gasteiger partial charge in [0.1, 0.15) is 11.6 Å². The molecule has 96 valence electrons. The summed E-state index contributed by atoms with van der Waals surface area (Å²) in [5, 5.41) is -0.0657. The average molecular weight is 286 g/mol. The molecule has 17 heavy (non-hydrogen) atoms. The highest BCUT2D eigenvalue weighted by Gasteiger charge is 2.20. The number of rotatable bonds is 3. The Morgan fingerprint density at radius 1 is 1.47 bits per heavy atom. The summed E-state index contributed by atoms with van der Waals surface area (Å²) in [4.78, 5) is 10.9. The van der Waals surface area contributed by atoms with Crippen LogP contribution < -0.4 is 5.73 Å². The van der Waals surface area contributed by atoms with Crippen LogP contribution in [0.5, 0.6) is 0 Å². The molecule has 0 aliphatic rings. The molecule has 0 saturated carbocycles. The third-order valence-corrected chi connectivity index (χ3v) is 2.25. The Hall–Kier alpha value is -0.910. The van der Waals surface area contributed by atoms with E-state index in [1.807, 2.05) is 0 Å². The molecule has 1 atom stereocenters. The van der Waals surface area contributed by atoms with E-state index in [0.717, 1.165) is 12.1 Å². The highest BCUT2D eigenvalue weighted by molar-refractivity contribution is 6.30. The third kappa shape index (κ3) is 4.11. The van der Waals surface area contributed by atoms with Gasteiger partial charge in [-0.3, -0.25) is 4.79 Å². The minimum atomic E-state index is -1.09. The SMILES string of the molecule is COC(=O)C[C@@H](N)c1c(F)cc(Cl)cc1F.Cl. The van der Waals surface area contributed by atoms with Gasteiger partial charge >= 0.3 is 5.97 Å². The average Bonchev–Trinajstić information content (AvgIpc) is 2.15. The van der Waals surface area contributed by atoms with Gasteiger partial charge < -0.3 is 10.5 Å². The minimum absolute atomic E-state index is 0. The summed E-state index contributed by atoms with van der Waals surface area (Å²) in [6, 6.07) is 0.790. The zero-order valence-corrected chi connectivity index (χ0v) is 10.4. The van der Waals surface area contributed by atoms with E-state index in [9.17, 15) is 13.6 Å². The Labute approximate surface area is 108 Å². The molecule has 1 rings (SSSR count). The molecule has 0 aliphatic heterocycles. The fourth-order valence-corrected chi connectivity index (χ4v) is 1.46. The first-order chi connectivity index (χ1) is 7.45. The predicted molar refractivity (Wildman–Crippen MR) is 62.2 cm³/mol. The van der Waals surface area contributed by atoms with Gasteiger partial charge in [-0.1, -0.05) is 11.6 Å². The van der Waals surface area contributed by atoms with Crippen molar-refractivity contribution in [3.63, 3.8) is 0 Å². The van der Waals surface area contributed by atoms with Crippen LogP contribution in [0.2, 0.25) is 5.02 Å². The molecule has 2 N–H and O–H groups in total. The molecule has 0 aliphatic carbocycles. The quantitative estimate of drug-likeness (QED) is 0.869. The summed E-state index contributed by atoms with van der Waals surface area (Å²) in [6.07, 6.45) is -0.300. The number of hydrogen-bond acceptors (Lipinski definition) is 3. The van der Waals surface area contributed by atoms with Gasteiger partial charge in [0, 0.05) is 16.6 Å². The summed E-state index contributed by atoms with van der Waals surface area (Å²) in [7, 11) is 1.17. The Morgan fingerprint density at radius 3 is 2.35 bits per heavy atom. The number of hydrogen-bond donors (Lipinski definition) is 1. The number of carbonyl (C=O) groups excluding carboxylic acids is 1. The number of carbonyl (C=O) groups is 1. The van der Waals surface area contributed by atoms with E-state index >= 15 is 0 Å². The smallest absolute Gasteiger partial charge is 0.307 e. The predicted octanol–water partition coefficient (Wildman–Crippen LogP) is 2.60. The summed E-state index contributed by atoms with van der Waals surface area (Å²) in [5.41, 5.74) is 5.13. The maximum absolute atomic E-state index is 13.4. The number of halogens is 4. The summed E-state index contributed by atoms with van der Waals surface area (Å²) >= 11 is 5.45. The maximum Gasteiger partial charge on any atom is 0.307 e. The highest BCUT2D eigenvalue weighted by Crippen LogP contribution is 2.25. The van der Waals surface area contributed by atoms with Crippen molar-refractivity contribution >= 4 is 30.0 Å². The van der Waals surface area contributed by atoms with Crippen LogP contribution in [0.3, 0.4) is 0 Å². The molecule has 0 aromatic heterocycles. The van der Waals surface area contributed by atoms with Crippen molar-refractivity contribution in [3.8, 4) is 0 Å². The first-order valence-corrected chi connectivity index (χ1v) is 4.80. The number of nitrogens with two attached hydrogens (primary N) is 1. The van der Waals surface area contributed by atoms with Crippen LogP contribution in [-0.2, 0) is 9.53 Å². The van der Waals surface area contributed by atoms with Gasteiger partial charge in [-0.25, -0.2) is 8.78 Å². The largest absolute Gasteiger partial charge is 0.469 e. The Morgan fingerprint density at radius 2 is 1.94 bits per heavy atom. The Balaban J connectivity index is 0.00000256. The summed E-state index contributed by atoms with van der Waals surface area (Å²) in [5.74, 6) is -2.39. The van der Waals surface area contributed by atoms with E-state index in [2.05, 4.69) is 4.74 Å². The lowest BCUT2D eigenvalue weighted by Crippen LogP contribution is -2.19. The molecule has 1 aromatic carbocycles. The molecule has 0 fully saturated rings. The van der Waals surface area contributed by atoms with Crippen LogP contribution in [0.15, 0.2) is 12.1 Å². The van der Waals surface area contributed by atoms with Gasteiger partial charge in [-0.05, 0) is 12.1 Å². The van der Waals surface area contributed by atoms with Gasteiger partial charge in [0.05, 0.1) is 13.5 Å². The van der Waals surface area contributed by atoms with Crippen molar-refractivity contribution in [2.75, 3.05) is 7.11 Å². The third-order valence-electron chi connectivity index (χ3n) is 2.03. The van der Waals surface area contributed by atoms with E-state index < -0.39 is 23.6 Å². The molecule has 0 radical (unpaired) electrons. The van der Waals surface area contributed by atoms with E-state index in [1.165, 1.54) is 7.11 Å². The van der Waals surface area contributed by atoms with Crippen molar-refractivity contribution in [2.45, 2.75) is 12.5 Å². The lowest BCUT2D eigenvalue weighted by atomic mass is 10.0. The van der Waals surface area contributed by atoms with Gasteiger partial charge in [0.15, 0.2) is 0 Å². The van der Waals surface area contributed by atoms with Crippen LogP contribution in [0.4, 0.5) is 8.78 Å². The topological polar surface area (TPSA) is 52.3 Å². The molecule has 0 amide bonds. The van der Waals surface area contributed by atoms with Crippen molar-refractivity contribution in [1.29, 1.82) is 0 Å². The number of ether oxygens (including phenoxy) is 1. The van der Waals surface area contributed by atoms with E-state index in [-0.39, 0.29) is 29.4 Å². The van der Waals surface area contributed by atoms with Gasteiger partial charge in [0.2, 0.25) is 0 Å². The molecule has 1 aromatic rings. The van der Waals surface area contributed by atoms with E-state index in [0.29, 0.717) is 0 Å². The standard InChI is InChI=1S/C10H10ClF2NO2.ClH/c1-16-9(15)4-8(14)10-6(12)2-5(11)3-7(10)13;/h2-3,8H,4,14H2,1H3;1H/t8-;/m1./s1. The monoisotopic (exact) mass is 285 g/mol. The molecule has 0 saturated heterocycles. The number of esters is 1. The highest BCUT2D eigenvalue weighted by atomic mass is 35.5. The van der Waals surface area contributed by atoms with Gasteiger partial charge in [-0.2, -0.15) is 0 Å². The molecule has 7 heteroatoms. The molecule has 0 spiro atoms. The Kier molecular flexibility index (Phi) is 6.37. The fourth-order valence-electron chi connectivity index (χ4n) is 1.27. The zero-order valence-electron chi connectivity index (χ0n) is 8.88. The van der Waals surface area contributed by atoms with Crippen molar-refractivity contribution in [3.05, 3.63) is 34.4 Å². The molecular formula is C10H11Cl2F2NO2. The fraction of sp³-hybridized carbons (Fsp3) is 0.300. The van der Waals surface area contributed by atoms with Crippen LogP contribution >= 0.6 is 24.0 Å². The van der Waals surface area contributed by atoms with E-state index in [1.54, 1.807) is 0 Å². The zero-order chi connectivity index (χ0) is 12.3. The van der Waals surface area contributed by atoms with Crippen molar-refractivity contribution < 1.29 is 18.3 Å². The second kappa shape index (κ2) is 6.74. The lowest BCUT2D eigenvalue weighted by Gasteiger charge is -2.12. The van der Waals surface area contributed by atoms with Crippen molar-refractivity contribution in [1.82, 2.24) is 0 Å². The van der Waals surface area contributed by atoms with Crippen LogP contribution in [0, 0.1) is 11.6 Å². The summed E-state index contributed by atoms with van der Waals surface area (Å²) < 4.78 is 31.1. The number of benzene rings is 1. The first-order valence-electron chi connectivity index (χ1n) is 4.42. The molecule has 0 unspecified atom stereocenters. The second-order valence-corrected chi connectivity index (χ2v) is 3.61. The van der Waals surface area contributed by atoms with Crippen LogP contribution in [0.25, 0.3) is 0 Å². The molecular weight excluding hydrogens is 275 g/mol. The first kappa shape index (κ1) is 16.1. The normalized spacial score (nSPS) is 11.6. The van der Waals surface area contributed by atoms with Crippen LogP contribution in [-0.4, -0.2) is 13.1 Å². The van der Waals surface area contributed by atoms with Crippen molar-refractivity contribution in [2.24, 2.45) is 5.73 Å². The minimum Gasteiger partial charge on any atom is -0.469 e. The van der Waals surface area contributed by atoms with E-state index in [4.69, 9.17) is 17.3 Å². The van der Waals surface area contributed by atoms with Crippen LogP contribution in [0.1, 0.15) is 18.0 Å². The second-order valence-electron chi connectivity index (χ2n) is 3.17. The van der Waals surface area contributed by atoms with Gasteiger partial charge in [-0.15, -0.1) is 12.4 Å². The maximum atomic E-state index is 13.4.